The molecule has 1 heterocycles. The molecule has 1 aliphatic rings. The number of unbranched alkanes of at least 4 members (excludes halogenated alkanes) is 14. The maximum atomic E-state index is 12.9. The van der Waals surface area contributed by atoms with Crippen LogP contribution in [0, 0.1) is 0 Å². The van der Waals surface area contributed by atoms with Crippen LogP contribution in [0.1, 0.15) is 136 Å². The van der Waals surface area contributed by atoms with Crippen LogP contribution < -0.4 is 5.32 Å². The zero-order valence-corrected chi connectivity index (χ0v) is 28.6. The molecule has 11 heteroatoms. The van der Waals surface area contributed by atoms with Crippen LogP contribution in [0.3, 0.4) is 0 Å². The highest BCUT2D eigenvalue weighted by molar-refractivity contribution is 5.80. The van der Waals surface area contributed by atoms with Crippen LogP contribution in [-0.2, 0) is 14.3 Å². The summed E-state index contributed by atoms with van der Waals surface area (Å²) in [4.78, 5) is 12.9. The molecule has 46 heavy (non-hydrogen) atoms. The molecule has 8 N–H and O–H groups in total. The second-order valence-electron chi connectivity index (χ2n) is 12.9. The maximum absolute atomic E-state index is 12.9. The van der Waals surface area contributed by atoms with Gasteiger partial charge in [-0.15, -0.1) is 0 Å². The zero-order chi connectivity index (χ0) is 34.2. The third kappa shape index (κ3) is 17.8. The van der Waals surface area contributed by atoms with Crippen LogP contribution in [0.15, 0.2) is 12.2 Å². The summed E-state index contributed by atoms with van der Waals surface area (Å²) in [6.07, 6.45) is 11.6. The molecule has 11 nitrogen and oxygen atoms in total. The molecule has 0 aromatic carbocycles. The average molecular weight is 662 g/mol. The molecule has 0 saturated carbocycles. The van der Waals surface area contributed by atoms with Crippen molar-refractivity contribution in [2.75, 3.05) is 13.2 Å². The number of hydrogen-bond acceptors (Lipinski definition) is 10. The minimum absolute atomic E-state index is 0.230. The van der Waals surface area contributed by atoms with Gasteiger partial charge in [-0.25, -0.2) is 0 Å². The van der Waals surface area contributed by atoms with E-state index in [4.69, 9.17) is 9.47 Å². The van der Waals surface area contributed by atoms with Crippen molar-refractivity contribution >= 4 is 5.91 Å². The highest BCUT2D eigenvalue weighted by Gasteiger charge is 2.44. The predicted octanol–water partition coefficient (Wildman–Crippen LogP) is 3.38. The van der Waals surface area contributed by atoms with Gasteiger partial charge in [-0.05, 0) is 38.5 Å². The number of carbonyl (C=O) groups excluding carboxylic acids is 1. The predicted molar refractivity (Wildman–Crippen MR) is 178 cm³/mol. The van der Waals surface area contributed by atoms with E-state index in [0.717, 1.165) is 44.9 Å². The summed E-state index contributed by atoms with van der Waals surface area (Å²) in [5.74, 6) is -0.719. The Kier molecular flexibility index (Phi) is 24.9. The normalized spacial score (nSPS) is 24.6. The van der Waals surface area contributed by atoms with Gasteiger partial charge in [0.15, 0.2) is 6.29 Å². The van der Waals surface area contributed by atoms with Gasteiger partial charge in [0.1, 0.15) is 36.6 Å². The Morgan fingerprint density at radius 2 is 1.26 bits per heavy atom. The minimum Gasteiger partial charge on any atom is -0.394 e. The molecule has 1 amide bonds. The van der Waals surface area contributed by atoms with Crippen molar-refractivity contribution in [1.82, 2.24) is 5.32 Å². The number of amides is 1. The largest absolute Gasteiger partial charge is 0.394 e. The molecule has 1 fully saturated rings. The molecule has 0 aromatic heterocycles. The SMILES string of the molecule is CCCCCCCC/C=C\CCCCC(O)C(=O)NC(COC1OC(CO)C(O)C(O)C1O)C(O)C(O)CCCCCCCCC. The number of aliphatic hydroxyl groups is 7. The molecule has 0 aromatic rings. The van der Waals surface area contributed by atoms with Gasteiger partial charge < -0.3 is 50.5 Å². The van der Waals surface area contributed by atoms with Crippen LogP contribution in [0.25, 0.3) is 0 Å². The lowest BCUT2D eigenvalue weighted by Gasteiger charge is -2.40. The van der Waals surface area contributed by atoms with Crippen molar-refractivity contribution < 1.29 is 50.0 Å². The molecule has 0 bridgehead atoms. The Bertz CT molecular complexity index is 770. The summed E-state index contributed by atoms with van der Waals surface area (Å²) in [6.45, 7) is 3.31. The van der Waals surface area contributed by atoms with E-state index in [-0.39, 0.29) is 6.42 Å². The molecular weight excluding hydrogens is 594 g/mol. The summed E-state index contributed by atoms with van der Waals surface area (Å²) in [5.41, 5.74) is 0. The van der Waals surface area contributed by atoms with E-state index in [1.54, 1.807) is 0 Å². The third-order valence-corrected chi connectivity index (χ3v) is 8.82. The topological polar surface area (TPSA) is 189 Å². The molecule has 1 aliphatic heterocycles. The second kappa shape index (κ2) is 26.8. The number of nitrogens with one attached hydrogen (secondary N) is 1. The number of allylic oxidation sites excluding steroid dienone is 2. The number of hydrogen-bond donors (Lipinski definition) is 8. The van der Waals surface area contributed by atoms with Crippen LogP contribution in [-0.4, -0.2) is 110 Å². The number of aliphatic hydroxyl groups excluding tert-OH is 7. The van der Waals surface area contributed by atoms with Crippen molar-refractivity contribution in [3.63, 3.8) is 0 Å². The molecule has 272 valence electrons. The van der Waals surface area contributed by atoms with Crippen molar-refractivity contribution in [1.29, 1.82) is 0 Å². The molecule has 9 atom stereocenters. The van der Waals surface area contributed by atoms with E-state index in [1.165, 1.54) is 51.4 Å². The summed E-state index contributed by atoms with van der Waals surface area (Å²) >= 11 is 0. The molecule has 0 spiro atoms. The van der Waals surface area contributed by atoms with Crippen LogP contribution >= 0.6 is 0 Å². The van der Waals surface area contributed by atoms with E-state index in [2.05, 4.69) is 31.3 Å². The van der Waals surface area contributed by atoms with Gasteiger partial charge in [-0.1, -0.05) is 109 Å². The maximum Gasteiger partial charge on any atom is 0.249 e. The molecule has 0 radical (unpaired) electrons. The Morgan fingerprint density at radius 3 is 1.85 bits per heavy atom. The number of ether oxygens (including phenoxy) is 2. The van der Waals surface area contributed by atoms with Crippen molar-refractivity contribution in [2.45, 2.75) is 191 Å². The minimum atomic E-state index is -1.66. The number of carbonyl (C=O) groups is 1. The van der Waals surface area contributed by atoms with Gasteiger partial charge in [0.05, 0.1) is 25.4 Å². The van der Waals surface area contributed by atoms with Gasteiger partial charge in [-0.2, -0.15) is 0 Å². The van der Waals surface area contributed by atoms with Gasteiger partial charge in [0.25, 0.3) is 0 Å². The first-order valence-electron chi connectivity index (χ1n) is 18.1. The number of rotatable bonds is 28. The van der Waals surface area contributed by atoms with Gasteiger partial charge in [0.2, 0.25) is 5.91 Å². The first-order chi connectivity index (χ1) is 22.2. The average Bonchev–Trinajstić information content (AvgIpc) is 3.05. The van der Waals surface area contributed by atoms with E-state index < -0.39 is 74.2 Å². The van der Waals surface area contributed by atoms with Crippen LogP contribution in [0.4, 0.5) is 0 Å². The highest BCUT2D eigenvalue weighted by Crippen LogP contribution is 2.23. The van der Waals surface area contributed by atoms with Gasteiger partial charge in [0, 0.05) is 0 Å². The standard InChI is InChI=1S/C35H67NO10/c1-3-5-7-9-11-12-13-14-15-17-19-21-23-28(39)34(44)36-26(30(40)27(38)22-20-18-16-10-8-6-4-2)25-45-35-33(43)32(42)31(41)29(24-37)46-35/h14-15,26-33,35,37-43H,3-13,16-25H2,1-2H3,(H,36,44)/b15-14-. The Balaban J connectivity index is 2.61. The van der Waals surface area contributed by atoms with Crippen molar-refractivity contribution in [3.8, 4) is 0 Å². The Hall–Kier alpha value is -1.15. The molecule has 0 aliphatic carbocycles. The fourth-order valence-corrected chi connectivity index (χ4v) is 5.67. The smallest absolute Gasteiger partial charge is 0.249 e. The molecule has 1 rings (SSSR count). The van der Waals surface area contributed by atoms with Crippen molar-refractivity contribution in [2.24, 2.45) is 0 Å². The molecule has 1 saturated heterocycles. The molecular formula is C35H67NO10. The highest BCUT2D eigenvalue weighted by atomic mass is 16.7. The van der Waals surface area contributed by atoms with Gasteiger partial charge >= 0.3 is 0 Å². The molecule has 9 unspecified atom stereocenters. The summed E-state index contributed by atoms with van der Waals surface area (Å²) < 4.78 is 11.0. The van der Waals surface area contributed by atoms with E-state index in [1.807, 2.05) is 0 Å². The lowest BCUT2D eigenvalue weighted by Crippen LogP contribution is -2.60. The van der Waals surface area contributed by atoms with Crippen LogP contribution in [0.2, 0.25) is 0 Å². The third-order valence-electron chi connectivity index (χ3n) is 8.82. The van der Waals surface area contributed by atoms with Crippen molar-refractivity contribution in [3.05, 3.63) is 12.2 Å². The lowest BCUT2D eigenvalue weighted by molar-refractivity contribution is -0.303. The summed E-state index contributed by atoms with van der Waals surface area (Å²) in [5, 5.41) is 74.7. The van der Waals surface area contributed by atoms with Crippen LogP contribution in [0.5, 0.6) is 0 Å². The van der Waals surface area contributed by atoms with E-state index in [9.17, 15) is 40.5 Å². The van der Waals surface area contributed by atoms with Gasteiger partial charge in [-0.3, -0.25) is 4.79 Å². The Morgan fingerprint density at radius 1 is 0.739 bits per heavy atom. The van der Waals surface area contributed by atoms with E-state index in [0.29, 0.717) is 19.3 Å². The fraction of sp³-hybridized carbons (Fsp3) is 0.914. The quantitative estimate of drug-likeness (QED) is 0.0456. The lowest BCUT2D eigenvalue weighted by atomic mass is 9.98. The monoisotopic (exact) mass is 661 g/mol. The second-order valence-corrected chi connectivity index (χ2v) is 12.9. The Labute approximate surface area is 277 Å². The van der Waals surface area contributed by atoms with E-state index >= 15 is 0 Å². The summed E-state index contributed by atoms with van der Waals surface area (Å²) in [7, 11) is 0. The fourth-order valence-electron chi connectivity index (χ4n) is 5.67. The summed E-state index contributed by atoms with van der Waals surface area (Å²) in [6, 6.07) is -1.17. The zero-order valence-electron chi connectivity index (χ0n) is 28.6. The first-order valence-corrected chi connectivity index (χ1v) is 18.1. The first kappa shape index (κ1) is 42.9.